The Labute approximate surface area is 134 Å². The van der Waals surface area contributed by atoms with Crippen molar-refractivity contribution in [3.05, 3.63) is 29.1 Å². The van der Waals surface area contributed by atoms with Gasteiger partial charge in [0.05, 0.1) is 23.7 Å². The first-order valence-electron chi connectivity index (χ1n) is 7.25. The molecule has 124 valence electrons. The Balaban J connectivity index is 2.23. The van der Waals surface area contributed by atoms with Gasteiger partial charge >= 0.3 is 6.09 Å². The molecule has 0 unspecified atom stereocenters. The van der Waals surface area contributed by atoms with Crippen molar-refractivity contribution in [3.63, 3.8) is 0 Å². The largest absolute Gasteiger partial charge is 0.444 e. The molecule has 0 radical (unpaired) electrons. The van der Waals surface area contributed by atoms with Gasteiger partial charge in [-0.1, -0.05) is 5.16 Å². The molecular formula is C16H21N3O4. The number of aliphatic hydroxyl groups is 1. The van der Waals surface area contributed by atoms with Crippen LogP contribution in [0.5, 0.6) is 0 Å². The summed E-state index contributed by atoms with van der Waals surface area (Å²) in [5.74, 6) is 0.428. The summed E-state index contributed by atoms with van der Waals surface area (Å²) in [5, 5.41) is 15.9. The predicted molar refractivity (Wildman–Crippen MR) is 85.0 cm³/mol. The molecule has 7 nitrogen and oxygen atoms in total. The minimum atomic E-state index is -0.571. The van der Waals surface area contributed by atoms with E-state index in [0.717, 1.165) is 0 Å². The number of carbonyl (C=O) groups is 1. The fraction of sp³-hybridized carbons (Fsp3) is 0.438. The summed E-state index contributed by atoms with van der Waals surface area (Å²) in [5.41, 5.74) is 2.35. The van der Waals surface area contributed by atoms with E-state index in [0.29, 0.717) is 34.1 Å². The number of amides is 1. The average molecular weight is 319 g/mol. The molecular weight excluding hydrogens is 298 g/mol. The first-order valence-corrected chi connectivity index (χ1v) is 7.25. The summed E-state index contributed by atoms with van der Waals surface area (Å²) in [7, 11) is 0. The third-order valence-corrected chi connectivity index (χ3v) is 3.10. The van der Waals surface area contributed by atoms with Crippen molar-refractivity contribution in [1.82, 2.24) is 10.1 Å². The van der Waals surface area contributed by atoms with Gasteiger partial charge in [-0.25, -0.2) is 9.78 Å². The monoisotopic (exact) mass is 319 g/mol. The quantitative estimate of drug-likeness (QED) is 0.901. The molecule has 0 aliphatic heterocycles. The maximum absolute atomic E-state index is 11.8. The van der Waals surface area contributed by atoms with Gasteiger partial charge in [0.15, 0.2) is 5.76 Å². The summed E-state index contributed by atoms with van der Waals surface area (Å²) in [6.45, 7) is 8.72. The summed E-state index contributed by atoms with van der Waals surface area (Å²) in [6, 6.07) is 3.40. The molecule has 0 aliphatic rings. The number of aromatic nitrogens is 2. The Morgan fingerprint density at radius 1 is 1.30 bits per heavy atom. The number of rotatable bonds is 3. The Morgan fingerprint density at radius 3 is 2.57 bits per heavy atom. The lowest BCUT2D eigenvalue weighted by atomic mass is 10.1. The number of aliphatic hydroxyl groups excluding tert-OH is 1. The van der Waals surface area contributed by atoms with Crippen LogP contribution >= 0.6 is 0 Å². The van der Waals surface area contributed by atoms with E-state index in [1.165, 1.54) is 0 Å². The predicted octanol–water partition coefficient (Wildman–Crippen LogP) is 3.19. The van der Waals surface area contributed by atoms with E-state index < -0.39 is 11.7 Å². The van der Waals surface area contributed by atoms with Crippen molar-refractivity contribution in [2.75, 3.05) is 5.32 Å². The topological polar surface area (TPSA) is 97.5 Å². The minimum absolute atomic E-state index is 0.177. The lowest BCUT2D eigenvalue weighted by molar-refractivity contribution is 0.0635. The summed E-state index contributed by atoms with van der Waals surface area (Å²) in [6.07, 6.45) is -0.540. The van der Waals surface area contributed by atoms with E-state index in [1.54, 1.807) is 46.8 Å². The molecule has 2 rings (SSSR count). The zero-order valence-electron chi connectivity index (χ0n) is 13.9. The van der Waals surface area contributed by atoms with Crippen LogP contribution in [0.3, 0.4) is 0 Å². The minimum Gasteiger partial charge on any atom is -0.444 e. The van der Waals surface area contributed by atoms with Crippen LogP contribution in [0.2, 0.25) is 0 Å². The van der Waals surface area contributed by atoms with Gasteiger partial charge in [0.25, 0.3) is 0 Å². The Kier molecular flexibility index (Phi) is 4.70. The molecule has 0 saturated carbocycles. The van der Waals surface area contributed by atoms with Gasteiger partial charge in [-0.2, -0.15) is 0 Å². The first kappa shape index (κ1) is 17.0. The molecule has 2 aromatic rings. The van der Waals surface area contributed by atoms with Crippen LogP contribution in [-0.4, -0.2) is 26.9 Å². The van der Waals surface area contributed by atoms with Crippen molar-refractivity contribution >= 4 is 11.8 Å². The van der Waals surface area contributed by atoms with Crippen LogP contribution in [0.15, 0.2) is 16.7 Å². The van der Waals surface area contributed by atoms with Gasteiger partial charge in [0.2, 0.25) is 0 Å². The number of ether oxygens (including phenoxy) is 1. The van der Waals surface area contributed by atoms with Crippen LogP contribution in [0.4, 0.5) is 10.5 Å². The first-order chi connectivity index (χ1) is 10.7. The lowest BCUT2D eigenvalue weighted by Gasteiger charge is -2.20. The fourth-order valence-electron chi connectivity index (χ4n) is 2.01. The van der Waals surface area contributed by atoms with Crippen molar-refractivity contribution in [2.24, 2.45) is 0 Å². The van der Waals surface area contributed by atoms with E-state index >= 15 is 0 Å². The van der Waals surface area contributed by atoms with Crippen LogP contribution < -0.4 is 5.32 Å². The Morgan fingerprint density at radius 2 is 2.00 bits per heavy atom. The molecule has 0 atom stereocenters. The van der Waals surface area contributed by atoms with Gasteiger partial charge in [-0.05, 0) is 46.8 Å². The van der Waals surface area contributed by atoms with E-state index in [4.69, 9.17) is 9.26 Å². The molecule has 0 saturated heterocycles. The summed E-state index contributed by atoms with van der Waals surface area (Å²) < 4.78 is 10.4. The number of hydrogen-bond donors (Lipinski definition) is 2. The van der Waals surface area contributed by atoms with Crippen molar-refractivity contribution in [1.29, 1.82) is 0 Å². The normalized spacial score (nSPS) is 11.4. The highest BCUT2D eigenvalue weighted by Gasteiger charge is 2.19. The van der Waals surface area contributed by atoms with E-state index in [2.05, 4.69) is 15.5 Å². The molecule has 1 amide bonds. The Hall–Kier alpha value is -2.41. The second kappa shape index (κ2) is 6.37. The standard InChI is InChI=1S/C16H21N3O4/c1-9-11(8-20)14(23-19-9)13-7-6-12(10(2)17-13)18-15(21)22-16(3,4)5/h6-7,20H,8H2,1-5H3,(H,18,21). The van der Waals surface area contributed by atoms with E-state index in [-0.39, 0.29) is 6.61 Å². The third kappa shape index (κ3) is 4.07. The molecule has 0 bridgehead atoms. The number of hydrogen-bond acceptors (Lipinski definition) is 6. The average Bonchev–Trinajstić information content (AvgIpc) is 2.80. The number of aryl methyl sites for hydroxylation is 2. The summed E-state index contributed by atoms with van der Waals surface area (Å²) in [4.78, 5) is 16.2. The highest BCUT2D eigenvalue weighted by atomic mass is 16.6. The van der Waals surface area contributed by atoms with Gasteiger partial charge in [-0.3, -0.25) is 5.32 Å². The molecule has 0 aliphatic carbocycles. The number of carbonyl (C=O) groups excluding carboxylic acids is 1. The van der Waals surface area contributed by atoms with E-state index in [9.17, 15) is 9.90 Å². The highest BCUT2D eigenvalue weighted by molar-refractivity contribution is 5.85. The highest BCUT2D eigenvalue weighted by Crippen LogP contribution is 2.27. The molecule has 0 aromatic carbocycles. The fourth-order valence-corrected chi connectivity index (χ4v) is 2.01. The molecule has 23 heavy (non-hydrogen) atoms. The van der Waals surface area contributed by atoms with Crippen LogP contribution in [0, 0.1) is 13.8 Å². The molecule has 7 heteroatoms. The smallest absolute Gasteiger partial charge is 0.412 e. The van der Waals surface area contributed by atoms with Gasteiger partial charge < -0.3 is 14.4 Å². The second-order valence-corrected chi connectivity index (χ2v) is 6.19. The maximum atomic E-state index is 11.8. The van der Waals surface area contributed by atoms with Gasteiger partial charge in [0.1, 0.15) is 11.3 Å². The molecule has 2 aromatic heterocycles. The van der Waals surface area contributed by atoms with Gasteiger partial charge in [0, 0.05) is 5.56 Å². The SMILES string of the molecule is Cc1nc(-c2onc(C)c2CO)ccc1NC(=O)OC(C)(C)C. The molecule has 0 spiro atoms. The number of nitrogens with zero attached hydrogens (tertiary/aromatic N) is 2. The number of anilines is 1. The molecule has 2 N–H and O–H groups in total. The Bertz CT molecular complexity index is 717. The zero-order valence-corrected chi connectivity index (χ0v) is 13.9. The molecule has 2 heterocycles. The number of pyridine rings is 1. The maximum Gasteiger partial charge on any atom is 0.412 e. The zero-order chi connectivity index (χ0) is 17.2. The van der Waals surface area contributed by atoms with Crippen LogP contribution in [-0.2, 0) is 11.3 Å². The van der Waals surface area contributed by atoms with Crippen molar-refractivity contribution < 1.29 is 19.2 Å². The number of nitrogens with one attached hydrogen (secondary N) is 1. The van der Waals surface area contributed by atoms with Gasteiger partial charge in [-0.15, -0.1) is 0 Å². The summed E-state index contributed by atoms with van der Waals surface area (Å²) >= 11 is 0. The van der Waals surface area contributed by atoms with Crippen LogP contribution in [0.25, 0.3) is 11.5 Å². The lowest BCUT2D eigenvalue weighted by Crippen LogP contribution is -2.27. The third-order valence-electron chi connectivity index (χ3n) is 3.10. The van der Waals surface area contributed by atoms with Crippen molar-refractivity contribution in [2.45, 2.75) is 46.8 Å². The van der Waals surface area contributed by atoms with Crippen molar-refractivity contribution in [3.8, 4) is 11.5 Å². The second-order valence-electron chi connectivity index (χ2n) is 6.19. The van der Waals surface area contributed by atoms with E-state index in [1.807, 2.05) is 0 Å². The van der Waals surface area contributed by atoms with Crippen LogP contribution in [0.1, 0.15) is 37.7 Å². The molecule has 0 fully saturated rings.